The number of allylic oxidation sites excluding steroid dienone is 2. The second-order valence-electron chi connectivity index (χ2n) is 5.83. The van der Waals surface area contributed by atoms with Crippen molar-refractivity contribution in [2.75, 3.05) is 0 Å². The Labute approximate surface area is 118 Å². The van der Waals surface area contributed by atoms with Crippen LogP contribution in [0.2, 0.25) is 0 Å². The largest absolute Gasteiger partial charge is 0.278 e. The molecule has 2 amide bonds. The maximum absolute atomic E-state index is 12.5. The monoisotopic (exact) mass is 270 g/mol. The van der Waals surface area contributed by atoms with Crippen molar-refractivity contribution in [3.63, 3.8) is 0 Å². The van der Waals surface area contributed by atoms with Gasteiger partial charge < -0.3 is 0 Å². The lowest BCUT2D eigenvalue weighted by molar-refractivity contribution is -0.140. The van der Waals surface area contributed by atoms with Crippen LogP contribution in [0.4, 0.5) is 0 Å². The minimum atomic E-state index is -0.178. The summed E-state index contributed by atoms with van der Waals surface area (Å²) in [6, 6.07) is 3.71. The van der Waals surface area contributed by atoms with Crippen LogP contribution in [0.15, 0.2) is 36.2 Å². The molecule has 0 saturated carbocycles. The van der Waals surface area contributed by atoms with Crippen LogP contribution in [-0.2, 0) is 16.1 Å². The summed E-state index contributed by atoms with van der Waals surface area (Å²) < 4.78 is 0. The third-order valence-electron chi connectivity index (χ3n) is 4.29. The number of hydrogen-bond acceptors (Lipinski definition) is 3. The Kier molecular flexibility index (Phi) is 3.16. The van der Waals surface area contributed by atoms with E-state index in [1.165, 1.54) is 10.5 Å². The molecule has 2 aliphatic rings. The van der Waals surface area contributed by atoms with E-state index >= 15 is 0 Å². The van der Waals surface area contributed by atoms with E-state index in [-0.39, 0.29) is 29.6 Å². The zero-order valence-corrected chi connectivity index (χ0v) is 11.7. The number of likely N-dealkylation sites (tertiary alicyclic amines) is 1. The second-order valence-corrected chi connectivity index (χ2v) is 5.83. The maximum atomic E-state index is 12.5. The van der Waals surface area contributed by atoms with Gasteiger partial charge in [0.15, 0.2) is 0 Å². The van der Waals surface area contributed by atoms with Crippen LogP contribution in [0.25, 0.3) is 0 Å². The van der Waals surface area contributed by atoms with E-state index in [9.17, 15) is 9.59 Å². The minimum absolute atomic E-state index is 0.0249. The van der Waals surface area contributed by atoms with E-state index in [4.69, 9.17) is 0 Å². The first-order chi connectivity index (χ1) is 9.58. The molecule has 0 radical (unpaired) electrons. The van der Waals surface area contributed by atoms with Gasteiger partial charge in [0, 0.05) is 12.4 Å². The second kappa shape index (κ2) is 4.85. The van der Waals surface area contributed by atoms with E-state index in [2.05, 4.69) is 11.1 Å². The highest BCUT2D eigenvalue weighted by Crippen LogP contribution is 2.41. The van der Waals surface area contributed by atoms with Gasteiger partial charge >= 0.3 is 0 Å². The third kappa shape index (κ3) is 2.05. The van der Waals surface area contributed by atoms with Gasteiger partial charge in [-0.25, -0.2) is 0 Å². The predicted molar refractivity (Wildman–Crippen MR) is 74.3 cm³/mol. The third-order valence-corrected chi connectivity index (χ3v) is 4.29. The Hall–Kier alpha value is -1.97. The highest BCUT2D eigenvalue weighted by Gasteiger charge is 2.50. The molecule has 2 heterocycles. The van der Waals surface area contributed by atoms with E-state index < -0.39 is 0 Å². The molecule has 4 nitrogen and oxygen atoms in total. The van der Waals surface area contributed by atoms with Gasteiger partial charge in [-0.1, -0.05) is 24.6 Å². The number of fused-ring (bicyclic) bond motifs is 1. The fraction of sp³-hybridized carbons (Fsp3) is 0.438. The molecule has 3 rings (SSSR count). The lowest BCUT2D eigenvalue weighted by atomic mass is 9.76. The number of nitrogens with zero attached hydrogens (tertiary/aromatic N) is 2. The highest BCUT2D eigenvalue weighted by molar-refractivity contribution is 6.05. The molecular formula is C16H18N2O2. The summed E-state index contributed by atoms with van der Waals surface area (Å²) in [5.74, 6) is -0.255. The summed E-state index contributed by atoms with van der Waals surface area (Å²) in [4.78, 5) is 30.5. The summed E-state index contributed by atoms with van der Waals surface area (Å²) >= 11 is 0. The Bertz CT molecular complexity index is 579. The van der Waals surface area contributed by atoms with Gasteiger partial charge in [0.25, 0.3) is 0 Å². The van der Waals surface area contributed by atoms with Gasteiger partial charge in [-0.15, -0.1) is 0 Å². The molecule has 104 valence electrons. The van der Waals surface area contributed by atoms with Crippen molar-refractivity contribution in [1.82, 2.24) is 9.88 Å². The molecule has 0 aromatic carbocycles. The van der Waals surface area contributed by atoms with E-state index in [0.29, 0.717) is 13.0 Å². The molecule has 1 aromatic rings. The zero-order valence-electron chi connectivity index (χ0n) is 11.7. The van der Waals surface area contributed by atoms with Crippen LogP contribution < -0.4 is 0 Å². The number of pyridine rings is 1. The predicted octanol–water partition coefficient (Wildman–Crippen LogP) is 2.17. The lowest BCUT2D eigenvalue weighted by Gasteiger charge is -2.25. The summed E-state index contributed by atoms with van der Waals surface area (Å²) in [5, 5.41) is 0. The summed E-state index contributed by atoms with van der Waals surface area (Å²) in [6.07, 6.45) is 6.23. The lowest BCUT2D eigenvalue weighted by Crippen LogP contribution is -2.31. The molecular weight excluding hydrogens is 252 g/mol. The van der Waals surface area contributed by atoms with Crippen molar-refractivity contribution in [2.24, 2.45) is 17.8 Å². The normalized spacial score (nSPS) is 29.4. The molecule has 1 aliphatic heterocycles. The Morgan fingerprint density at radius 3 is 2.85 bits per heavy atom. The molecule has 0 bridgehead atoms. The fourth-order valence-electron chi connectivity index (χ4n) is 3.42. The Balaban J connectivity index is 1.86. The number of amides is 2. The van der Waals surface area contributed by atoms with Gasteiger partial charge in [0.1, 0.15) is 0 Å². The van der Waals surface area contributed by atoms with E-state index in [1.807, 2.05) is 26.0 Å². The molecule has 0 spiro atoms. The summed E-state index contributed by atoms with van der Waals surface area (Å²) in [7, 11) is 0. The average molecular weight is 270 g/mol. The van der Waals surface area contributed by atoms with Gasteiger partial charge in [0.2, 0.25) is 11.8 Å². The van der Waals surface area contributed by atoms with Gasteiger partial charge in [0.05, 0.1) is 18.4 Å². The topological polar surface area (TPSA) is 50.3 Å². The van der Waals surface area contributed by atoms with Crippen LogP contribution in [0.3, 0.4) is 0 Å². The van der Waals surface area contributed by atoms with Crippen molar-refractivity contribution in [3.8, 4) is 0 Å². The number of aromatic nitrogens is 1. The first kappa shape index (κ1) is 13.0. The van der Waals surface area contributed by atoms with Gasteiger partial charge in [-0.2, -0.15) is 0 Å². The number of imide groups is 1. The molecule has 1 unspecified atom stereocenters. The van der Waals surface area contributed by atoms with Crippen molar-refractivity contribution in [2.45, 2.75) is 26.8 Å². The molecule has 20 heavy (non-hydrogen) atoms. The van der Waals surface area contributed by atoms with Crippen LogP contribution in [0.5, 0.6) is 0 Å². The van der Waals surface area contributed by atoms with Crippen LogP contribution in [0, 0.1) is 17.8 Å². The quantitative estimate of drug-likeness (QED) is 0.611. The average Bonchev–Trinajstić information content (AvgIpc) is 2.65. The minimum Gasteiger partial charge on any atom is -0.278 e. The van der Waals surface area contributed by atoms with E-state index in [1.54, 1.807) is 12.4 Å². The summed E-state index contributed by atoms with van der Waals surface area (Å²) in [6.45, 7) is 4.40. The molecule has 0 N–H and O–H groups in total. The summed E-state index contributed by atoms with van der Waals surface area (Å²) in [5.41, 5.74) is 2.10. The Morgan fingerprint density at radius 2 is 2.15 bits per heavy atom. The van der Waals surface area contributed by atoms with Gasteiger partial charge in [-0.05, 0) is 30.9 Å². The molecule has 1 saturated heterocycles. The van der Waals surface area contributed by atoms with Crippen LogP contribution in [0.1, 0.15) is 25.8 Å². The fourth-order valence-corrected chi connectivity index (χ4v) is 3.42. The molecule has 1 fully saturated rings. The van der Waals surface area contributed by atoms with Crippen molar-refractivity contribution in [3.05, 3.63) is 41.7 Å². The number of hydrogen-bond donors (Lipinski definition) is 0. The number of carbonyl (C=O) groups is 2. The molecule has 3 atom stereocenters. The highest BCUT2D eigenvalue weighted by atomic mass is 16.2. The SMILES string of the molecule is CC1=CC(C)[C@H]2C(=O)N(Cc3cccnc3)C(=O)[C@H]2C1. The Morgan fingerprint density at radius 1 is 1.35 bits per heavy atom. The molecule has 1 aromatic heterocycles. The van der Waals surface area contributed by atoms with E-state index in [0.717, 1.165) is 5.56 Å². The van der Waals surface area contributed by atoms with Crippen LogP contribution >= 0.6 is 0 Å². The first-order valence-corrected chi connectivity index (χ1v) is 6.99. The smallest absolute Gasteiger partial charge is 0.234 e. The standard InChI is InChI=1S/C16H18N2O2/c1-10-6-11(2)14-13(7-10)15(19)18(16(14)20)9-12-4-3-5-17-8-12/h3-6,8,11,13-14H,7,9H2,1-2H3/t11?,13-,14+/m0/s1. The molecule has 4 heteroatoms. The van der Waals surface area contributed by atoms with Gasteiger partial charge in [-0.3, -0.25) is 19.5 Å². The zero-order chi connectivity index (χ0) is 14.3. The van der Waals surface area contributed by atoms with Crippen molar-refractivity contribution in [1.29, 1.82) is 0 Å². The van der Waals surface area contributed by atoms with Crippen molar-refractivity contribution >= 4 is 11.8 Å². The maximum Gasteiger partial charge on any atom is 0.234 e. The van der Waals surface area contributed by atoms with Crippen LogP contribution in [-0.4, -0.2) is 21.7 Å². The molecule has 1 aliphatic carbocycles. The first-order valence-electron chi connectivity index (χ1n) is 6.99. The number of rotatable bonds is 2. The van der Waals surface area contributed by atoms with Crippen molar-refractivity contribution < 1.29 is 9.59 Å². The number of carbonyl (C=O) groups excluding carboxylic acids is 2.